The Morgan fingerprint density at radius 3 is 2.39 bits per heavy atom. The van der Waals surface area contributed by atoms with Crippen LogP contribution >= 0.6 is 0 Å². The summed E-state index contributed by atoms with van der Waals surface area (Å²) < 4.78 is 5.61. The van der Waals surface area contributed by atoms with E-state index in [0.29, 0.717) is 24.5 Å². The van der Waals surface area contributed by atoms with Crippen LogP contribution in [0.4, 0.5) is 0 Å². The van der Waals surface area contributed by atoms with E-state index in [-0.39, 0.29) is 11.5 Å². The molecule has 0 saturated carbocycles. The average Bonchev–Trinajstić information content (AvgIpc) is 2.79. The van der Waals surface area contributed by atoms with Gasteiger partial charge in [0.05, 0.1) is 12.6 Å². The summed E-state index contributed by atoms with van der Waals surface area (Å²) in [4.78, 5) is 7.30. The second-order valence-electron chi connectivity index (χ2n) is 8.09. The molecule has 0 radical (unpaired) electrons. The predicted octanol–water partition coefficient (Wildman–Crippen LogP) is 2.33. The topological polar surface area (TPSA) is 48.9 Å². The molecule has 23 heavy (non-hydrogen) atoms. The third-order valence-electron chi connectivity index (χ3n) is 4.70. The van der Waals surface area contributed by atoms with Gasteiger partial charge in [-0.3, -0.25) is 9.89 Å². The second-order valence-corrected chi connectivity index (χ2v) is 8.09. The molecule has 0 bridgehead atoms. The summed E-state index contributed by atoms with van der Waals surface area (Å²) >= 11 is 0. The molecule has 3 unspecified atom stereocenters. The summed E-state index contributed by atoms with van der Waals surface area (Å²) in [7, 11) is 1.77. The zero-order valence-corrected chi connectivity index (χ0v) is 16.4. The zero-order chi connectivity index (χ0) is 17.6. The Morgan fingerprint density at radius 1 is 1.30 bits per heavy atom. The van der Waals surface area contributed by atoms with Gasteiger partial charge in [0, 0.05) is 38.8 Å². The number of ether oxygens (including phenoxy) is 1. The average molecular weight is 327 g/mol. The molecule has 1 aliphatic heterocycles. The molecule has 0 spiro atoms. The summed E-state index contributed by atoms with van der Waals surface area (Å²) in [6.07, 6.45) is 0.117. The minimum absolute atomic E-state index is 0.0880. The number of rotatable bonds is 6. The van der Waals surface area contributed by atoms with Crippen LogP contribution in [0, 0.1) is 11.3 Å². The van der Waals surface area contributed by atoms with Crippen LogP contribution in [0.1, 0.15) is 48.5 Å². The Bertz CT molecular complexity index is 376. The van der Waals surface area contributed by atoms with Gasteiger partial charge in [-0.05, 0) is 32.1 Å². The predicted molar refractivity (Wildman–Crippen MR) is 99.0 cm³/mol. The molecule has 1 aliphatic rings. The van der Waals surface area contributed by atoms with Crippen molar-refractivity contribution in [2.45, 2.75) is 66.7 Å². The van der Waals surface area contributed by atoms with Gasteiger partial charge in [-0.25, -0.2) is 0 Å². The van der Waals surface area contributed by atoms with Crippen LogP contribution in [0.3, 0.4) is 0 Å². The SMILES string of the molecule is CCNC(=NCC(OC)C(C)(C)C)NC1CN(C(C)C)CC1C. The molecule has 0 amide bonds. The minimum atomic E-state index is 0.0880. The molecule has 5 heteroatoms. The van der Waals surface area contributed by atoms with E-state index in [1.807, 2.05) is 0 Å². The molecule has 1 heterocycles. The maximum atomic E-state index is 5.61. The van der Waals surface area contributed by atoms with Gasteiger partial charge >= 0.3 is 0 Å². The lowest BCUT2D eigenvalue weighted by atomic mass is 9.89. The molecule has 2 N–H and O–H groups in total. The van der Waals surface area contributed by atoms with Crippen LogP contribution in [-0.2, 0) is 4.74 Å². The van der Waals surface area contributed by atoms with Gasteiger partial charge in [0.1, 0.15) is 0 Å². The first-order valence-corrected chi connectivity index (χ1v) is 9.00. The number of hydrogen-bond acceptors (Lipinski definition) is 3. The Labute approximate surface area is 143 Å². The van der Waals surface area contributed by atoms with E-state index in [1.54, 1.807) is 7.11 Å². The molecule has 5 nitrogen and oxygen atoms in total. The Balaban J connectivity index is 2.69. The number of hydrogen-bond donors (Lipinski definition) is 2. The van der Waals surface area contributed by atoms with Crippen LogP contribution in [0.5, 0.6) is 0 Å². The molecule has 0 aromatic carbocycles. The van der Waals surface area contributed by atoms with E-state index in [0.717, 1.165) is 25.6 Å². The monoisotopic (exact) mass is 326 g/mol. The van der Waals surface area contributed by atoms with Gasteiger partial charge in [0.25, 0.3) is 0 Å². The van der Waals surface area contributed by atoms with Gasteiger partial charge < -0.3 is 15.4 Å². The highest BCUT2D eigenvalue weighted by molar-refractivity contribution is 5.80. The zero-order valence-electron chi connectivity index (χ0n) is 16.4. The van der Waals surface area contributed by atoms with E-state index in [4.69, 9.17) is 9.73 Å². The lowest BCUT2D eigenvalue weighted by Crippen LogP contribution is -2.47. The van der Waals surface area contributed by atoms with Crippen molar-refractivity contribution in [3.05, 3.63) is 0 Å². The number of nitrogens with one attached hydrogen (secondary N) is 2. The highest BCUT2D eigenvalue weighted by Crippen LogP contribution is 2.22. The molecule has 3 atom stereocenters. The summed E-state index contributed by atoms with van der Waals surface area (Å²) in [6.45, 7) is 19.3. The van der Waals surface area contributed by atoms with Crippen LogP contribution in [0.2, 0.25) is 0 Å². The molecule has 1 fully saturated rings. The maximum Gasteiger partial charge on any atom is 0.191 e. The van der Waals surface area contributed by atoms with Crippen molar-refractivity contribution >= 4 is 5.96 Å². The van der Waals surface area contributed by atoms with Gasteiger partial charge in [-0.15, -0.1) is 0 Å². The van der Waals surface area contributed by atoms with Crippen molar-refractivity contribution in [1.82, 2.24) is 15.5 Å². The van der Waals surface area contributed by atoms with Crippen molar-refractivity contribution in [3.63, 3.8) is 0 Å². The molecular formula is C18H38N4O. The first kappa shape index (κ1) is 20.2. The highest BCUT2D eigenvalue weighted by atomic mass is 16.5. The smallest absolute Gasteiger partial charge is 0.191 e. The maximum absolute atomic E-state index is 5.61. The molecule has 0 aliphatic carbocycles. The molecule has 136 valence electrons. The Morgan fingerprint density at radius 2 is 1.96 bits per heavy atom. The fraction of sp³-hybridized carbons (Fsp3) is 0.944. The Hall–Kier alpha value is -0.810. The number of likely N-dealkylation sites (tertiary alicyclic amines) is 1. The van der Waals surface area contributed by atoms with Gasteiger partial charge in [0.15, 0.2) is 5.96 Å². The number of nitrogens with zero attached hydrogens (tertiary/aromatic N) is 2. The minimum Gasteiger partial charge on any atom is -0.379 e. The van der Waals surface area contributed by atoms with Crippen molar-refractivity contribution < 1.29 is 4.74 Å². The molecule has 0 aromatic heterocycles. The third kappa shape index (κ3) is 6.30. The fourth-order valence-electron chi connectivity index (χ4n) is 2.99. The Kier molecular flexibility index (Phi) is 7.81. The van der Waals surface area contributed by atoms with Gasteiger partial charge in [0.2, 0.25) is 0 Å². The van der Waals surface area contributed by atoms with Crippen molar-refractivity contribution in [3.8, 4) is 0 Å². The van der Waals surface area contributed by atoms with E-state index < -0.39 is 0 Å². The lowest BCUT2D eigenvalue weighted by Gasteiger charge is -2.28. The fourth-order valence-corrected chi connectivity index (χ4v) is 2.99. The molecule has 1 saturated heterocycles. The quantitative estimate of drug-likeness (QED) is 0.581. The third-order valence-corrected chi connectivity index (χ3v) is 4.70. The summed E-state index contributed by atoms with van der Waals surface area (Å²) in [6, 6.07) is 1.05. The van der Waals surface area contributed by atoms with E-state index in [2.05, 4.69) is 64.0 Å². The molecular weight excluding hydrogens is 288 g/mol. The van der Waals surface area contributed by atoms with Gasteiger partial charge in [-0.1, -0.05) is 27.7 Å². The number of aliphatic imine (C=N–C) groups is 1. The van der Waals surface area contributed by atoms with Crippen molar-refractivity contribution in [1.29, 1.82) is 0 Å². The second kappa shape index (κ2) is 8.88. The van der Waals surface area contributed by atoms with Gasteiger partial charge in [-0.2, -0.15) is 0 Å². The summed E-state index contributed by atoms with van der Waals surface area (Å²) in [5, 5.41) is 6.99. The number of methoxy groups -OCH3 is 1. The molecule has 1 rings (SSSR count). The normalized spacial score (nSPS) is 25.0. The van der Waals surface area contributed by atoms with E-state index in [1.165, 1.54) is 0 Å². The van der Waals surface area contributed by atoms with Crippen LogP contribution in [0.25, 0.3) is 0 Å². The standard InChI is InChI=1S/C18H38N4O/c1-9-19-17(20-10-16(23-8)18(5,6)7)21-15-12-22(13(2)3)11-14(15)4/h13-16H,9-12H2,1-8H3,(H2,19,20,21). The van der Waals surface area contributed by atoms with E-state index >= 15 is 0 Å². The van der Waals surface area contributed by atoms with Crippen molar-refractivity contribution in [2.75, 3.05) is 33.3 Å². The lowest BCUT2D eigenvalue weighted by molar-refractivity contribution is 0.0241. The number of guanidine groups is 1. The first-order valence-electron chi connectivity index (χ1n) is 9.00. The van der Waals surface area contributed by atoms with Crippen molar-refractivity contribution in [2.24, 2.45) is 16.3 Å². The summed E-state index contributed by atoms with van der Waals surface area (Å²) in [5.74, 6) is 1.53. The first-order chi connectivity index (χ1) is 10.7. The van der Waals surface area contributed by atoms with E-state index in [9.17, 15) is 0 Å². The summed E-state index contributed by atoms with van der Waals surface area (Å²) in [5.41, 5.74) is 0.0880. The van der Waals surface area contributed by atoms with Crippen LogP contribution in [0.15, 0.2) is 4.99 Å². The van der Waals surface area contributed by atoms with Crippen LogP contribution < -0.4 is 10.6 Å². The molecule has 0 aromatic rings. The highest BCUT2D eigenvalue weighted by Gasteiger charge is 2.31. The van der Waals surface area contributed by atoms with Crippen LogP contribution in [-0.4, -0.2) is 62.3 Å². The largest absolute Gasteiger partial charge is 0.379 e.